The van der Waals surface area contributed by atoms with Crippen molar-refractivity contribution in [2.45, 2.75) is 19.8 Å². The molecule has 0 saturated carbocycles. The summed E-state index contributed by atoms with van der Waals surface area (Å²) in [5.41, 5.74) is 6.91. The third-order valence-corrected chi connectivity index (χ3v) is 2.76. The number of nitrogens with two attached hydrogens (primary N) is 1. The van der Waals surface area contributed by atoms with Crippen molar-refractivity contribution in [1.82, 2.24) is 4.98 Å². The summed E-state index contributed by atoms with van der Waals surface area (Å²) in [5, 5.41) is 2.12. The molecule has 0 aliphatic rings. The Balaban J connectivity index is 0.00000144. The second-order valence-electron chi connectivity index (χ2n) is 3.90. The van der Waals surface area contributed by atoms with E-state index in [0.717, 1.165) is 22.2 Å². The molecule has 1 unspecified atom stereocenters. The van der Waals surface area contributed by atoms with Gasteiger partial charge in [-0.25, -0.2) is 0 Å². The first-order chi connectivity index (χ1) is 7.59. The molecule has 0 radical (unpaired) electrons. The fourth-order valence-corrected chi connectivity index (χ4v) is 1.71. The van der Waals surface area contributed by atoms with Crippen LogP contribution in [0.2, 0.25) is 0 Å². The van der Waals surface area contributed by atoms with Crippen LogP contribution in [0.4, 0.5) is 0 Å². The molecule has 1 aromatic heterocycles. The van der Waals surface area contributed by atoms with Gasteiger partial charge in [0.05, 0.1) is 5.92 Å². The molecule has 1 heterocycles. The number of pyridine rings is 1. The van der Waals surface area contributed by atoms with Crippen molar-refractivity contribution in [2.24, 2.45) is 5.73 Å². The maximum Gasteiger partial charge on any atom is 1.00 e. The summed E-state index contributed by atoms with van der Waals surface area (Å²) in [6.45, 7) is 3.70. The summed E-state index contributed by atoms with van der Waals surface area (Å²) in [4.78, 5) is 15.5. The van der Waals surface area contributed by atoms with Crippen molar-refractivity contribution in [3.05, 3.63) is 41.7 Å². The SMILES string of the molecule is Cc1nc(C(C)C(N)=O)cc2c[c-]ccc12.[Rb+]. The summed E-state index contributed by atoms with van der Waals surface area (Å²) in [6.07, 6.45) is 0. The zero-order valence-corrected chi connectivity index (χ0v) is 15.2. The van der Waals surface area contributed by atoms with E-state index in [4.69, 9.17) is 5.73 Å². The molecule has 0 bridgehead atoms. The van der Waals surface area contributed by atoms with E-state index in [1.165, 1.54) is 0 Å². The largest absolute Gasteiger partial charge is 1.00 e. The smallest absolute Gasteiger partial charge is 0.369 e. The molecule has 0 aliphatic carbocycles. The average molecular weight is 299 g/mol. The Morgan fingerprint density at radius 1 is 1.53 bits per heavy atom. The molecule has 0 fully saturated rings. The number of nitrogens with zero attached hydrogens (tertiary/aromatic N) is 1. The third-order valence-electron chi connectivity index (χ3n) is 2.76. The van der Waals surface area contributed by atoms with Crippen molar-refractivity contribution in [2.75, 3.05) is 0 Å². The van der Waals surface area contributed by atoms with Crippen molar-refractivity contribution in [1.29, 1.82) is 0 Å². The Hall–Kier alpha value is -0.0948. The van der Waals surface area contributed by atoms with Crippen LogP contribution < -0.4 is 63.9 Å². The molecule has 1 amide bonds. The molecule has 0 aliphatic heterocycles. The summed E-state index contributed by atoms with van der Waals surface area (Å²) < 4.78 is 0. The molecule has 0 spiro atoms. The zero-order chi connectivity index (χ0) is 11.7. The molecule has 1 atom stereocenters. The number of hydrogen-bond acceptors (Lipinski definition) is 2. The number of carbonyl (C=O) groups excluding carboxylic acids is 1. The van der Waals surface area contributed by atoms with Crippen molar-refractivity contribution >= 4 is 16.7 Å². The first-order valence-electron chi connectivity index (χ1n) is 5.16. The fraction of sp³-hybridized carbons (Fsp3) is 0.231. The van der Waals surface area contributed by atoms with Crippen molar-refractivity contribution in [3.8, 4) is 0 Å². The fourth-order valence-electron chi connectivity index (χ4n) is 1.71. The van der Waals surface area contributed by atoms with Crippen LogP contribution in [0.1, 0.15) is 24.2 Å². The van der Waals surface area contributed by atoms with Gasteiger partial charge >= 0.3 is 58.2 Å². The molecule has 4 heteroatoms. The van der Waals surface area contributed by atoms with Gasteiger partial charge in [0.1, 0.15) is 0 Å². The quantitative estimate of drug-likeness (QED) is 0.719. The van der Waals surface area contributed by atoms with Gasteiger partial charge in [-0.3, -0.25) is 9.78 Å². The second-order valence-corrected chi connectivity index (χ2v) is 3.90. The van der Waals surface area contributed by atoms with Crippen LogP contribution in [0.3, 0.4) is 0 Å². The van der Waals surface area contributed by atoms with Crippen molar-refractivity contribution in [3.63, 3.8) is 0 Å². The minimum atomic E-state index is -0.358. The molecule has 3 nitrogen and oxygen atoms in total. The molecule has 1 aromatic carbocycles. The maximum atomic E-state index is 11.1. The van der Waals surface area contributed by atoms with Crippen LogP contribution in [0.25, 0.3) is 10.8 Å². The van der Waals surface area contributed by atoms with Gasteiger partial charge in [0.2, 0.25) is 5.91 Å². The number of hydrogen-bond donors (Lipinski definition) is 1. The van der Waals surface area contributed by atoms with Gasteiger partial charge < -0.3 is 5.73 Å². The molecular weight excluding hydrogens is 286 g/mol. The van der Waals surface area contributed by atoms with E-state index in [1.54, 1.807) is 6.92 Å². The molecule has 2 N–H and O–H groups in total. The topological polar surface area (TPSA) is 56.0 Å². The number of carbonyl (C=O) groups is 1. The summed E-state index contributed by atoms with van der Waals surface area (Å²) >= 11 is 0. The summed E-state index contributed by atoms with van der Waals surface area (Å²) in [7, 11) is 0. The van der Waals surface area contributed by atoms with E-state index >= 15 is 0 Å². The van der Waals surface area contributed by atoms with E-state index in [0.29, 0.717) is 0 Å². The van der Waals surface area contributed by atoms with Gasteiger partial charge in [0.25, 0.3) is 0 Å². The number of benzene rings is 1. The number of fused-ring (bicyclic) bond motifs is 1. The Morgan fingerprint density at radius 2 is 2.24 bits per heavy atom. The second kappa shape index (κ2) is 6.18. The Bertz CT molecular complexity index is 554. The molecule has 2 rings (SSSR count). The molecule has 0 saturated heterocycles. The van der Waals surface area contributed by atoms with Crippen LogP contribution in [0.15, 0.2) is 24.3 Å². The predicted octanol–water partition coefficient (Wildman–Crippen LogP) is -1.06. The first kappa shape index (κ1) is 15.0. The number of aromatic nitrogens is 1. The number of aryl methyl sites for hydroxylation is 1. The molecular formula is C13H13N2ORb. The Kier molecular flexibility index (Phi) is 5.44. The van der Waals surface area contributed by atoms with E-state index in [9.17, 15) is 4.79 Å². The van der Waals surface area contributed by atoms with E-state index < -0.39 is 0 Å². The third kappa shape index (κ3) is 3.22. The molecule has 2 aromatic rings. The average Bonchev–Trinajstić information content (AvgIpc) is 2.28. The normalized spacial score (nSPS) is 11.9. The van der Waals surface area contributed by atoms with Gasteiger partial charge in [-0.1, -0.05) is 6.07 Å². The van der Waals surface area contributed by atoms with Crippen LogP contribution in [0, 0.1) is 13.0 Å². The molecule has 17 heavy (non-hydrogen) atoms. The Morgan fingerprint density at radius 3 is 2.88 bits per heavy atom. The van der Waals surface area contributed by atoms with Crippen LogP contribution in [-0.4, -0.2) is 10.9 Å². The number of rotatable bonds is 2. The van der Waals surface area contributed by atoms with Gasteiger partial charge in [-0.2, -0.15) is 24.3 Å². The van der Waals surface area contributed by atoms with Gasteiger partial charge in [-0.05, 0) is 13.8 Å². The van der Waals surface area contributed by atoms with Crippen LogP contribution >= 0.6 is 0 Å². The van der Waals surface area contributed by atoms with Gasteiger partial charge in [-0.15, -0.1) is 10.8 Å². The van der Waals surface area contributed by atoms with Crippen molar-refractivity contribution < 1.29 is 63.0 Å². The standard InChI is InChI=1S/C13H13N2O.Rb/c1-8(13(14)16)12-7-10-5-3-4-6-11(10)9(2)15-12;/h4-8H,1-2H3,(H2,14,16);/q-1;+1. The van der Waals surface area contributed by atoms with Crippen LogP contribution in [-0.2, 0) is 4.79 Å². The van der Waals surface area contributed by atoms with E-state index in [1.807, 2.05) is 31.2 Å². The van der Waals surface area contributed by atoms with Gasteiger partial charge in [0, 0.05) is 11.4 Å². The monoisotopic (exact) mass is 298 g/mol. The van der Waals surface area contributed by atoms with E-state index in [-0.39, 0.29) is 70.0 Å². The summed E-state index contributed by atoms with van der Waals surface area (Å²) in [6, 6.07) is 10.6. The van der Waals surface area contributed by atoms with Gasteiger partial charge in [0.15, 0.2) is 0 Å². The summed E-state index contributed by atoms with van der Waals surface area (Å²) in [5.74, 6) is -0.713. The predicted molar refractivity (Wildman–Crippen MR) is 62.9 cm³/mol. The molecule has 82 valence electrons. The maximum absolute atomic E-state index is 11.1. The zero-order valence-electron chi connectivity index (χ0n) is 10.3. The first-order valence-corrected chi connectivity index (χ1v) is 5.16. The van der Waals surface area contributed by atoms with E-state index in [2.05, 4.69) is 11.1 Å². The minimum Gasteiger partial charge on any atom is -0.369 e. The minimum absolute atomic E-state index is 0. The van der Waals surface area contributed by atoms with Crippen LogP contribution in [0.5, 0.6) is 0 Å². The number of amides is 1. The number of primary amides is 1. The Labute approximate surface area is 150 Å².